The van der Waals surface area contributed by atoms with Crippen LogP contribution in [0.15, 0.2) is 0 Å². The van der Waals surface area contributed by atoms with Crippen LogP contribution in [0.1, 0.15) is 13.8 Å². The number of cyclic esters (lactones) is 1. The number of ketones is 1. The van der Waals surface area contributed by atoms with Crippen molar-refractivity contribution in [2.75, 3.05) is 0 Å². The molecule has 3 heteroatoms. The Morgan fingerprint density at radius 2 is 1.89 bits per heavy atom. The van der Waals surface area contributed by atoms with Crippen molar-refractivity contribution in [2.45, 2.75) is 20.0 Å². The van der Waals surface area contributed by atoms with Crippen molar-refractivity contribution in [3.05, 3.63) is 0 Å². The topological polar surface area (TPSA) is 43.4 Å². The minimum atomic E-state index is -0.685. The quantitative estimate of drug-likeness (QED) is 0.344. The van der Waals surface area contributed by atoms with Gasteiger partial charge in [-0.25, -0.2) is 4.79 Å². The van der Waals surface area contributed by atoms with Crippen LogP contribution >= 0.6 is 0 Å². The van der Waals surface area contributed by atoms with Gasteiger partial charge in [-0.1, -0.05) is 6.92 Å². The van der Waals surface area contributed by atoms with Gasteiger partial charge in [0.25, 0.3) is 0 Å². The molecule has 0 N–H and O–H groups in total. The fourth-order valence-electron chi connectivity index (χ4n) is 0.728. The van der Waals surface area contributed by atoms with Crippen LogP contribution in [-0.2, 0) is 14.3 Å². The van der Waals surface area contributed by atoms with E-state index in [0.717, 1.165) is 0 Å². The number of hydrogen-bond donors (Lipinski definition) is 0. The minimum Gasteiger partial charge on any atom is -0.456 e. The summed E-state index contributed by atoms with van der Waals surface area (Å²) in [6.07, 6.45) is -0.231. The third kappa shape index (κ3) is 0.823. The van der Waals surface area contributed by atoms with E-state index in [9.17, 15) is 9.59 Å². The summed E-state index contributed by atoms with van der Waals surface area (Å²) in [6, 6.07) is 0. The van der Waals surface area contributed by atoms with E-state index in [4.69, 9.17) is 0 Å². The van der Waals surface area contributed by atoms with Gasteiger partial charge in [-0.3, -0.25) is 4.79 Å². The second-order valence-corrected chi connectivity index (χ2v) is 2.26. The maximum absolute atomic E-state index is 10.6. The highest BCUT2D eigenvalue weighted by atomic mass is 16.6. The Morgan fingerprint density at radius 3 is 2.00 bits per heavy atom. The predicted molar refractivity (Wildman–Crippen MR) is 29.7 cm³/mol. The number of Topliss-reactive ketones (excluding diaryl/α,β-unsaturated/α-hetero) is 1. The van der Waals surface area contributed by atoms with E-state index in [0.29, 0.717) is 0 Å². The molecular formula is C6H8O3. The average Bonchev–Trinajstić information content (AvgIpc) is 1.98. The highest BCUT2D eigenvalue weighted by Crippen LogP contribution is 2.16. The van der Waals surface area contributed by atoms with Gasteiger partial charge in [-0.05, 0) is 6.92 Å². The molecule has 0 spiro atoms. The second-order valence-electron chi connectivity index (χ2n) is 2.26. The fourth-order valence-corrected chi connectivity index (χ4v) is 0.728. The lowest BCUT2D eigenvalue weighted by Crippen LogP contribution is -2.13. The summed E-state index contributed by atoms with van der Waals surface area (Å²) < 4.78 is 4.60. The van der Waals surface area contributed by atoms with Gasteiger partial charge in [-0.15, -0.1) is 0 Å². The summed E-state index contributed by atoms with van der Waals surface area (Å²) in [5.74, 6) is -1.34. The minimum absolute atomic E-state index is 0.231. The molecule has 0 aromatic rings. The molecule has 1 saturated heterocycles. The van der Waals surface area contributed by atoms with Crippen molar-refractivity contribution in [1.82, 2.24) is 0 Å². The third-order valence-corrected chi connectivity index (χ3v) is 1.61. The van der Waals surface area contributed by atoms with Gasteiger partial charge in [0.05, 0.1) is 5.92 Å². The Morgan fingerprint density at radius 1 is 1.33 bits per heavy atom. The number of carbonyl (C=O) groups excluding carboxylic acids is 2. The standard InChI is InChI=1S/C6H8O3/c1-3-4(2)9-6(8)5(3)7/h3-4H,1-2H3/t3-,4+/m1/s1. The maximum Gasteiger partial charge on any atom is 0.375 e. The zero-order valence-electron chi connectivity index (χ0n) is 5.38. The summed E-state index contributed by atoms with van der Waals surface area (Å²) in [6.45, 7) is 3.41. The monoisotopic (exact) mass is 128 g/mol. The van der Waals surface area contributed by atoms with Crippen LogP contribution in [0.25, 0.3) is 0 Å². The van der Waals surface area contributed by atoms with Crippen molar-refractivity contribution in [3.63, 3.8) is 0 Å². The maximum atomic E-state index is 10.6. The number of hydrogen-bond acceptors (Lipinski definition) is 3. The molecule has 1 fully saturated rings. The molecule has 0 radical (unpaired) electrons. The van der Waals surface area contributed by atoms with Gasteiger partial charge in [0.15, 0.2) is 0 Å². The van der Waals surface area contributed by atoms with Crippen LogP contribution < -0.4 is 0 Å². The predicted octanol–water partition coefficient (Wildman–Crippen LogP) is 0.137. The number of carbonyl (C=O) groups is 2. The van der Waals surface area contributed by atoms with Gasteiger partial charge in [0.1, 0.15) is 6.10 Å². The van der Waals surface area contributed by atoms with Crippen LogP contribution in [0, 0.1) is 5.92 Å². The zero-order valence-corrected chi connectivity index (χ0v) is 5.38. The highest BCUT2D eigenvalue weighted by molar-refractivity contribution is 6.36. The molecule has 0 saturated carbocycles. The molecule has 50 valence electrons. The average molecular weight is 128 g/mol. The number of ether oxygens (including phenoxy) is 1. The first-order chi connectivity index (χ1) is 4.13. The first-order valence-electron chi connectivity index (χ1n) is 2.87. The first-order valence-corrected chi connectivity index (χ1v) is 2.87. The lowest BCUT2D eigenvalue weighted by molar-refractivity contribution is -0.148. The number of esters is 1. The van der Waals surface area contributed by atoms with Crippen LogP contribution in [0.3, 0.4) is 0 Å². The van der Waals surface area contributed by atoms with Gasteiger partial charge >= 0.3 is 5.97 Å². The molecule has 0 aromatic carbocycles. The van der Waals surface area contributed by atoms with E-state index < -0.39 is 11.8 Å². The van der Waals surface area contributed by atoms with Gasteiger partial charge < -0.3 is 4.74 Å². The Labute approximate surface area is 53.0 Å². The molecule has 0 bridgehead atoms. The Balaban J connectivity index is 2.77. The van der Waals surface area contributed by atoms with Gasteiger partial charge in [0, 0.05) is 0 Å². The van der Waals surface area contributed by atoms with Crippen molar-refractivity contribution >= 4 is 11.8 Å². The van der Waals surface area contributed by atoms with Crippen LogP contribution in [0.5, 0.6) is 0 Å². The van der Waals surface area contributed by atoms with Crippen molar-refractivity contribution in [2.24, 2.45) is 5.92 Å². The van der Waals surface area contributed by atoms with Crippen LogP contribution in [-0.4, -0.2) is 17.9 Å². The van der Waals surface area contributed by atoms with Gasteiger partial charge in [0.2, 0.25) is 5.78 Å². The highest BCUT2D eigenvalue weighted by Gasteiger charge is 2.37. The Hall–Kier alpha value is -0.860. The van der Waals surface area contributed by atoms with Crippen molar-refractivity contribution < 1.29 is 14.3 Å². The molecule has 0 aliphatic carbocycles. The Bertz CT molecular complexity index is 162. The van der Waals surface area contributed by atoms with E-state index in [2.05, 4.69) is 4.74 Å². The summed E-state index contributed by atoms with van der Waals surface area (Å²) >= 11 is 0. The van der Waals surface area contributed by atoms with E-state index >= 15 is 0 Å². The summed E-state index contributed by atoms with van der Waals surface area (Å²) in [4.78, 5) is 21.1. The fraction of sp³-hybridized carbons (Fsp3) is 0.667. The van der Waals surface area contributed by atoms with E-state index in [1.807, 2.05) is 0 Å². The van der Waals surface area contributed by atoms with Crippen molar-refractivity contribution in [1.29, 1.82) is 0 Å². The molecule has 1 heterocycles. The zero-order chi connectivity index (χ0) is 7.02. The molecular weight excluding hydrogens is 120 g/mol. The summed E-state index contributed by atoms with van der Waals surface area (Å²) in [7, 11) is 0. The molecule has 3 nitrogen and oxygen atoms in total. The molecule has 1 rings (SSSR count). The lowest BCUT2D eigenvalue weighted by atomic mass is 10.1. The molecule has 1 aliphatic rings. The molecule has 2 atom stereocenters. The van der Waals surface area contributed by atoms with Crippen molar-refractivity contribution in [3.8, 4) is 0 Å². The molecule has 0 unspecified atom stereocenters. The first kappa shape index (κ1) is 6.26. The van der Waals surface area contributed by atoms with Crippen LogP contribution in [0.2, 0.25) is 0 Å². The molecule has 1 aliphatic heterocycles. The molecule has 0 amide bonds. The largest absolute Gasteiger partial charge is 0.456 e. The lowest BCUT2D eigenvalue weighted by Gasteiger charge is -2.01. The third-order valence-electron chi connectivity index (χ3n) is 1.61. The smallest absolute Gasteiger partial charge is 0.375 e. The normalized spacial score (nSPS) is 34.9. The van der Waals surface area contributed by atoms with Gasteiger partial charge in [-0.2, -0.15) is 0 Å². The summed E-state index contributed by atoms with van der Waals surface area (Å²) in [5.41, 5.74) is 0. The Kier molecular flexibility index (Phi) is 1.27. The van der Waals surface area contributed by atoms with E-state index in [-0.39, 0.29) is 12.0 Å². The molecule has 9 heavy (non-hydrogen) atoms. The number of rotatable bonds is 0. The second kappa shape index (κ2) is 1.83. The van der Waals surface area contributed by atoms with Crippen LogP contribution in [0.4, 0.5) is 0 Å². The summed E-state index contributed by atoms with van der Waals surface area (Å²) in [5, 5.41) is 0. The molecule has 0 aromatic heterocycles. The SMILES string of the molecule is C[C@@H]1OC(=O)C(=O)[C@@H]1C. The van der Waals surface area contributed by atoms with E-state index in [1.54, 1.807) is 13.8 Å². The van der Waals surface area contributed by atoms with E-state index in [1.165, 1.54) is 0 Å².